The number of rotatable bonds is 2. The van der Waals surface area contributed by atoms with Gasteiger partial charge in [-0.15, -0.1) is 0 Å². The van der Waals surface area contributed by atoms with Crippen LogP contribution < -0.4 is 5.73 Å². The third-order valence-electron chi connectivity index (χ3n) is 3.11. The summed E-state index contributed by atoms with van der Waals surface area (Å²) >= 11 is 5.85. The number of nitrogens with two attached hydrogens (primary N) is 1. The van der Waals surface area contributed by atoms with Crippen LogP contribution >= 0.6 is 11.6 Å². The largest absolute Gasteiger partial charge is 0.472 e. The minimum atomic E-state index is -4.83. The van der Waals surface area contributed by atoms with Crippen LogP contribution in [0.5, 0.6) is 0 Å². The number of fused-ring (bicyclic) bond motifs is 1. The molecule has 0 saturated heterocycles. The number of halogens is 4. The van der Waals surface area contributed by atoms with E-state index in [0.717, 1.165) is 10.6 Å². The van der Waals surface area contributed by atoms with Gasteiger partial charge in [0.05, 0.1) is 24.3 Å². The first kappa shape index (κ1) is 14.5. The number of carbonyl (C=O) groups is 1. The van der Waals surface area contributed by atoms with Crippen molar-refractivity contribution in [1.29, 1.82) is 0 Å². The first-order valence-electron chi connectivity index (χ1n) is 5.90. The molecule has 0 radical (unpaired) electrons. The molecule has 2 N–H and O–H groups in total. The maximum absolute atomic E-state index is 13.4. The molecule has 0 saturated carbocycles. The molecule has 0 atom stereocenters. The summed E-state index contributed by atoms with van der Waals surface area (Å²) in [6, 6.07) is 1.42. The number of hydrogen-bond donors (Lipinski definition) is 1. The van der Waals surface area contributed by atoms with Gasteiger partial charge >= 0.3 is 6.18 Å². The Morgan fingerprint density at radius 2 is 2.14 bits per heavy atom. The summed E-state index contributed by atoms with van der Waals surface area (Å²) < 4.78 is 46.2. The number of pyridine rings is 1. The number of imidazole rings is 1. The van der Waals surface area contributed by atoms with Crippen molar-refractivity contribution in [1.82, 2.24) is 9.38 Å². The third-order valence-corrected chi connectivity index (χ3v) is 3.39. The van der Waals surface area contributed by atoms with Crippen LogP contribution in [0.4, 0.5) is 13.2 Å². The normalized spacial score (nSPS) is 12.0. The molecule has 0 aromatic carbocycles. The van der Waals surface area contributed by atoms with Crippen molar-refractivity contribution >= 4 is 23.2 Å². The highest BCUT2D eigenvalue weighted by molar-refractivity contribution is 6.29. The van der Waals surface area contributed by atoms with Crippen molar-refractivity contribution in [3.63, 3.8) is 0 Å². The van der Waals surface area contributed by atoms with E-state index in [4.69, 9.17) is 21.8 Å². The smallest absolute Gasteiger partial charge is 0.420 e. The molecule has 0 aliphatic carbocycles. The molecule has 5 nitrogen and oxygen atoms in total. The summed E-state index contributed by atoms with van der Waals surface area (Å²) in [5.41, 5.74) is 3.01. The lowest BCUT2D eigenvalue weighted by atomic mass is 9.98. The van der Waals surface area contributed by atoms with Gasteiger partial charge in [0.25, 0.3) is 0 Å². The second-order valence-electron chi connectivity index (χ2n) is 4.44. The molecule has 3 aromatic heterocycles. The van der Waals surface area contributed by atoms with Crippen LogP contribution in [-0.4, -0.2) is 15.3 Å². The second-order valence-corrected chi connectivity index (χ2v) is 4.83. The van der Waals surface area contributed by atoms with Gasteiger partial charge in [-0.3, -0.25) is 9.20 Å². The summed E-state index contributed by atoms with van der Waals surface area (Å²) in [6.07, 6.45) is -0.0212. The topological polar surface area (TPSA) is 73.5 Å². The highest BCUT2D eigenvalue weighted by Gasteiger charge is 2.40. The highest BCUT2D eigenvalue weighted by Crippen LogP contribution is 2.39. The molecule has 9 heteroatoms. The van der Waals surface area contributed by atoms with Crippen LogP contribution in [0.15, 0.2) is 35.4 Å². The molecule has 0 aliphatic rings. The quantitative estimate of drug-likeness (QED) is 0.783. The molecule has 114 valence electrons. The monoisotopic (exact) mass is 329 g/mol. The molecule has 0 fully saturated rings. The number of furan rings is 1. The first-order chi connectivity index (χ1) is 10.3. The average molecular weight is 330 g/mol. The Labute approximate surface area is 126 Å². The molecule has 3 rings (SSSR count). The minimum Gasteiger partial charge on any atom is -0.472 e. The van der Waals surface area contributed by atoms with E-state index >= 15 is 0 Å². The molecule has 0 bridgehead atoms. The molecule has 0 unspecified atom stereocenters. The molecule has 3 heterocycles. The van der Waals surface area contributed by atoms with Crippen LogP contribution in [0.25, 0.3) is 16.8 Å². The Morgan fingerprint density at radius 1 is 1.41 bits per heavy atom. The third kappa shape index (κ3) is 2.12. The molecule has 1 amide bonds. The minimum absolute atomic E-state index is 0.0266. The van der Waals surface area contributed by atoms with Crippen molar-refractivity contribution in [2.75, 3.05) is 0 Å². The molecule has 0 aliphatic heterocycles. The Kier molecular flexibility index (Phi) is 3.13. The highest BCUT2D eigenvalue weighted by atomic mass is 35.5. The van der Waals surface area contributed by atoms with Gasteiger partial charge in [-0.05, 0) is 6.07 Å². The predicted octanol–water partition coefficient (Wildman–Crippen LogP) is 3.37. The van der Waals surface area contributed by atoms with E-state index < -0.39 is 28.9 Å². The number of alkyl halides is 3. The molecular weight excluding hydrogens is 323 g/mol. The van der Waals surface area contributed by atoms with Crippen LogP contribution in [0, 0.1) is 0 Å². The van der Waals surface area contributed by atoms with E-state index in [-0.39, 0.29) is 16.3 Å². The molecule has 22 heavy (non-hydrogen) atoms. The van der Waals surface area contributed by atoms with Gasteiger partial charge in [-0.1, -0.05) is 11.6 Å². The first-order valence-corrected chi connectivity index (χ1v) is 6.27. The maximum atomic E-state index is 13.4. The van der Waals surface area contributed by atoms with E-state index in [1.54, 1.807) is 0 Å². The van der Waals surface area contributed by atoms with E-state index in [2.05, 4.69) is 4.98 Å². The second kappa shape index (κ2) is 4.77. The lowest BCUT2D eigenvalue weighted by Crippen LogP contribution is -2.21. The van der Waals surface area contributed by atoms with Gasteiger partial charge < -0.3 is 10.2 Å². The van der Waals surface area contributed by atoms with Gasteiger partial charge in [0.2, 0.25) is 5.91 Å². The Balaban J connectivity index is 2.52. The summed E-state index contributed by atoms with van der Waals surface area (Å²) in [7, 11) is 0. The molecular formula is C13H7ClF3N3O2. The van der Waals surface area contributed by atoms with Crippen molar-refractivity contribution in [3.05, 3.63) is 47.3 Å². The number of nitrogens with zero attached hydrogens (tertiary/aromatic N) is 2. The number of carbonyl (C=O) groups excluding carboxylic acids is 1. The van der Waals surface area contributed by atoms with Crippen molar-refractivity contribution in [2.45, 2.75) is 6.18 Å². The van der Waals surface area contributed by atoms with E-state index in [9.17, 15) is 18.0 Å². The van der Waals surface area contributed by atoms with Crippen molar-refractivity contribution < 1.29 is 22.4 Å². The standard InChI is InChI=1S/C13H7ClF3N3O2/c14-8-3-19-12-10(13(15,16)17)9(11(18)21)7(4-20(8)12)6-1-2-22-5-6/h1-5H,(H2,18,21). The maximum Gasteiger partial charge on any atom is 0.420 e. The van der Waals surface area contributed by atoms with Gasteiger partial charge in [-0.2, -0.15) is 13.2 Å². The fourth-order valence-corrected chi connectivity index (χ4v) is 2.43. The summed E-state index contributed by atoms with van der Waals surface area (Å²) in [5, 5.41) is -0.0266. The number of primary amides is 1. The molecule has 3 aromatic rings. The summed E-state index contributed by atoms with van der Waals surface area (Å²) in [6.45, 7) is 0. The van der Waals surface area contributed by atoms with Gasteiger partial charge in [-0.25, -0.2) is 4.98 Å². The van der Waals surface area contributed by atoms with Crippen LogP contribution in [0.3, 0.4) is 0 Å². The average Bonchev–Trinajstić information content (AvgIpc) is 3.05. The van der Waals surface area contributed by atoms with Gasteiger partial charge in [0.15, 0.2) is 5.65 Å². The fraction of sp³-hybridized carbons (Fsp3) is 0.0769. The van der Waals surface area contributed by atoms with Crippen LogP contribution in [0.2, 0.25) is 5.15 Å². The zero-order chi connectivity index (χ0) is 16.1. The SMILES string of the molecule is NC(=O)c1c(-c2ccoc2)cn2c(Cl)cnc2c1C(F)(F)F. The number of aromatic nitrogens is 2. The van der Waals surface area contributed by atoms with Crippen LogP contribution in [0.1, 0.15) is 15.9 Å². The Bertz CT molecular complexity index is 869. The van der Waals surface area contributed by atoms with Crippen LogP contribution in [-0.2, 0) is 6.18 Å². The lowest BCUT2D eigenvalue weighted by Gasteiger charge is -2.16. The lowest BCUT2D eigenvalue weighted by molar-refractivity contribution is -0.136. The summed E-state index contributed by atoms with van der Waals surface area (Å²) in [5.74, 6) is -1.22. The Hall–Kier alpha value is -2.48. The predicted molar refractivity (Wildman–Crippen MR) is 71.4 cm³/mol. The van der Waals surface area contributed by atoms with Gasteiger partial charge in [0.1, 0.15) is 10.7 Å². The molecule has 0 spiro atoms. The van der Waals surface area contributed by atoms with E-state index in [0.29, 0.717) is 0 Å². The fourth-order valence-electron chi connectivity index (χ4n) is 2.25. The zero-order valence-electron chi connectivity index (χ0n) is 10.7. The zero-order valence-corrected chi connectivity index (χ0v) is 11.4. The van der Waals surface area contributed by atoms with Crippen molar-refractivity contribution in [2.24, 2.45) is 5.73 Å². The summed E-state index contributed by atoms with van der Waals surface area (Å²) in [4.78, 5) is 15.3. The van der Waals surface area contributed by atoms with E-state index in [1.165, 1.54) is 24.8 Å². The number of amides is 1. The van der Waals surface area contributed by atoms with Gasteiger partial charge in [0, 0.05) is 17.3 Å². The van der Waals surface area contributed by atoms with E-state index in [1.807, 2.05) is 0 Å². The van der Waals surface area contributed by atoms with Crippen molar-refractivity contribution in [3.8, 4) is 11.1 Å². The number of hydrogen-bond acceptors (Lipinski definition) is 3. The Morgan fingerprint density at radius 3 is 2.68 bits per heavy atom.